The van der Waals surface area contributed by atoms with E-state index in [0.717, 1.165) is 31.5 Å². The Morgan fingerprint density at radius 3 is 2.52 bits per heavy atom. The number of amides is 1. The number of aryl methyl sites for hydroxylation is 2. The Labute approximate surface area is 150 Å². The van der Waals surface area contributed by atoms with Crippen LogP contribution >= 0.6 is 0 Å². The maximum Gasteiger partial charge on any atom is 0.229 e. The number of hydrogen-bond acceptors (Lipinski definition) is 2. The molecule has 1 saturated heterocycles. The van der Waals surface area contributed by atoms with Gasteiger partial charge in [-0.1, -0.05) is 44.2 Å². The molecule has 4 heteroatoms. The van der Waals surface area contributed by atoms with Gasteiger partial charge in [0.05, 0.1) is 11.7 Å². The lowest BCUT2D eigenvalue weighted by atomic mass is 9.83. The Morgan fingerprint density at radius 1 is 1.24 bits per heavy atom. The summed E-state index contributed by atoms with van der Waals surface area (Å²) in [5, 5.41) is 4.56. The third kappa shape index (κ3) is 3.35. The molecule has 1 unspecified atom stereocenters. The van der Waals surface area contributed by atoms with Crippen LogP contribution in [0.15, 0.2) is 30.3 Å². The molecule has 0 radical (unpaired) electrons. The number of benzene rings is 1. The average Bonchev–Trinajstić information content (AvgIpc) is 3.12. The van der Waals surface area contributed by atoms with Gasteiger partial charge in [0.1, 0.15) is 0 Å². The zero-order chi connectivity index (χ0) is 18.2. The van der Waals surface area contributed by atoms with Gasteiger partial charge in [0.15, 0.2) is 0 Å². The minimum absolute atomic E-state index is 0.163. The van der Waals surface area contributed by atoms with E-state index < -0.39 is 5.41 Å². The van der Waals surface area contributed by atoms with Gasteiger partial charge in [-0.05, 0) is 38.7 Å². The second kappa shape index (κ2) is 6.66. The Morgan fingerprint density at radius 2 is 1.92 bits per heavy atom. The van der Waals surface area contributed by atoms with Crippen LogP contribution in [-0.2, 0) is 18.3 Å². The van der Waals surface area contributed by atoms with E-state index in [1.54, 1.807) is 0 Å². The Balaban J connectivity index is 1.85. The molecule has 3 rings (SSSR count). The summed E-state index contributed by atoms with van der Waals surface area (Å²) in [4.78, 5) is 15.5. The highest BCUT2D eigenvalue weighted by atomic mass is 16.2. The highest BCUT2D eigenvalue weighted by Crippen LogP contribution is 2.38. The van der Waals surface area contributed by atoms with Gasteiger partial charge in [0.2, 0.25) is 5.91 Å². The van der Waals surface area contributed by atoms with Crippen molar-refractivity contribution in [3.8, 4) is 0 Å². The first-order valence-corrected chi connectivity index (χ1v) is 9.16. The van der Waals surface area contributed by atoms with E-state index in [0.29, 0.717) is 0 Å². The van der Waals surface area contributed by atoms with Crippen molar-refractivity contribution in [2.24, 2.45) is 12.5 Å². The molecule has 2 aromatic rings. The molecule has 2 heterocycles. The van der Waals surface area contributed by atoms with Crippen LogP contribution in [0.1, 0.15) is 55.2 Å². The van der Waals surface area contributed by atoms with Crippen LogP contribution in [0.4, 0.5) is 0 Å². The molecule has 0 aliphatic carbocycles. The van der Waals surface area contributed by atoms with E-state index in [2.05, 4.69) is 49.8 Å². The summed E-state index contributed by atoms with van der Waals surface area (Å²) in [5.74, 6) is 0.251. The van der Waals surface area contributed by atoms with Crippen molar-refractivity contribution in [3.05, 3.63) is 52.8 Å². The van der Waals surface area contributed by atoms with Gasteiger partial charge in [-0.3, -0.25) is 9.48 Å². The first-order valence-electron chi connectivity index (χ1n) is 9.16. The summed E-state index contributed by atoms with van der Waals surface area (Å²) in [6.45, 7) is 9.14. The molecule has 25 heavy (non-hydrogen) atoms. The van der Waals surface area contributed by atoms with Crippen molar-refractivity contribution < 1.29 is 4.79 Å². The van der Waals surface area contributed by atoms with Gasteiger partial charge in [-0.15, -0.1) is 0 Å². The van der Waals surface area contributed by atoms with Gasteiger partial charge in [0.25, 0.3) is 0 Å². The lowest BCUT2D eigenvalue weighted by Gasteiger charge is -2.33. The van der Waals surface area contributed by atoms with Crippen LogP contribution < -0.4 is 0 Å². The highest BCUT2D eigenvalue weighted by Gasteiger charge is 2.39. The number of rotatable bonds is 4. The number of carbonyl (C=O) groups excluding carboxylic acids is 1. The second-order valence-corrected chi connectivity index (χ2v) is 7.91. The number of likely N-dealkylation sites (tertiary alicyclic amines) is 1. The van der Waals surface area contributed by atoms with Gasteiger partial charge in [-0.25, -0.2) is 0 Å². The molecule has 1 aromatic carbocycles. The smallest absolute Gasteiger partial charge is 0.229 e. The van der Waals surface area contributed by atoms with Crippen molar-refractivity contribution in [3.63, 3.8) is 0 Å². The molecule has 1 atom stereocenters. The molecule has 1 aliphatic rings. The zero-order valence-electron chi connectivity index (χ0n) is 16.0. The minimum Gasteiger partial charge on any atom is -0.335 e. The normalized spacial score (nSPS) is 18.0. The third-order valence-corrected chi connectivity index (χ3v) is 5.48. The van der Waals surface area contributed by atoms with Crippen molar-refractivity contribution in [2.75, 3.05) is 6.54 Å². The summed E-state index contributed by atoms with van der Waals surface area (Å²) in [6, 6.07) is 10.5. The van der Waals surface area contributed by atoms with Crippen LogP contribution in [0.3, 0.4) is 0 Å². The molecule has 1 fully saturated rings. The molecule has 0 bridgehead atoms. The SMILES string of the molecule is Cc1nn(C)c(C)c1C1CCCN1C(=O)C(C)(C)Cc1ccccc1. The number of nitrogens with zero attached hydrogens (tertiary/aromatic N) is 3. The maximum atomic E-state index is 13.4. The Hall–Kier alpha value is -2.10. The quantitative estimate of drug-likeness (QED) is 0.845. The Bertz CT molecular complexity index is 761. The number of hydrogen-bond donors (Lipinski definition) is 0. The van der Waals surface area contributed by atoms with E-state index in [1.165, 1.54) is 16.8 Å². The van der Waals surface area contributed by atoms with Crippen LogP contribution in [0, 0.1) is 19.3 Å². The summed E-state index contributed by atoms with van der Waals surface area (Å²) >= 11 is 0. The average molecular weight is 339 g/mol. The fourth-order valence-corrected chi connectivity index (χ4v) is 4.15. The summed E-state index contributed by atoms with van der Waals surface area (Å²) in [5.41, 5.74) is 4.26. The van der Waals surface area contributed by atoms with E-state index in [4.69, 9.17) is 0 Å². The lowest BCUT2D eigenvalue weighted by Crippen LogP contribution is -2.41. The fourth-order valence-electron chi connectivity index (χ4n) is 4.15. The van der Waals surface area contributed by atoms with Crippen molar-refractivity contribution in [2.45, 2.75) is 53.0 Å². The molecule has 1 aromatic heterocycles. The zero-order valence-corrected chi connectivity index (χ0v) is 16.0. The molecule has 0 N–H and O–H groups in total. The van der Waals surface area contributed by atoms with Crippen molar-refractivity contribution in [1.29, 1.82) is 0 Å². The van der Waals surface area contributed by atoms with Crippen molar-refractivity contribution >= 4 is 5.91 Å². The van der Waals surface area contributed by atoms with Crippen LogP contribution in [0.5, 0.6) is 0 Å². The molecule has 0 spiro atoms. The molecule has 1 aliphatic heterocycles. The molecular weight excluding hydrogens is 310 g/mol. The highest BCUT2D eigenvalue weighted by molar-refractivity contribution is 5.83. The largest absolute Gasteiger partial charge is 0.335 e. The van der Waals surface area contributed by atoms with Crippen molar-refractivity contribution in [1.82, 2.24) is 14.7 Å². The van der Waals surface area contributed by atoms with Crippen LogP contribution in [-0.4, -0.2) is 27.1 Å². The fraction of sp³-hybridized carbons (Fsp3) is 0.524. The second-order valence-electron chi connectivity index (χ2n) is 7.91. The predicted octanol–water partition coefficient (Wildman–Crippen LogP) is 3.97. The number of carbonyl (C=O) groups is 1. The van der Waals surface area contributed by atoms with Gasteiger partial charge < -0.3 is 4.90 Å². The summed E-state index contributed by atoms with van der Waals surface area (Å²) in [7, 11) is 1.98. The molecule has 134 valence electrons. The molecular formula is C21H29N3O. The minimum atomic E-state index is -0.409. The summed E-state index contributed by atoms with van der Waals surface area (Å²) in [6.07, 6.45) is 2.85. The summed E-state index contributed by atoms with van der Waals surface area (Å²) < 4.78 is 1.93. The van der Waals surface area contributed by atoms with E-state index >= 15 is 0 Å². The van der Waals surface area contributed by atoms with Gasteiger partial charge >= 0.3 is 0 Å². The monoisotopic (exact) mass is 339 g/mol. The number of aromatic nitrogens is 2. The Kier molecular flexibility index (Phi) is 4.72. The van der Waals surface area contributed by atoms with E-state index in [1.807, 2.05) is 29.9 Å². The lowest BCUT2D eigenvalue weighted by molar-refractivity contribution is -0.141. The first-order chi connectivity index (χ1) is 11.8. The first kappa shape index (κ1) is 17.7. The van der Waals surface area contributed by atoms with Gasteiger partial charge in [-0.2, -0.15) is 5.10 Å². The van der Waals surface area contributed by atoms with Crippen LogP contribution in [0.25, 0.3) is 0 Å². The van der Waals surface area contributed by atoms with Gasteiger partial charge in [0, 0.05) is 30.3 Å². The predicted molar refractivity (Wildman–Crippen MR) is 100 cm³/mol. The molecule has 0 saturated carbocycles. The topological polar surface area (TPSA) is 38.1 Å². The van der Waals surface area contributed by atoms with Crippen LogP contribution in [0.2, 0.25) is 0 Å². The third-order valence-electron chi connectivity index (χ3n) is 5.48. The van der Waals surface area contributed by atoms with E-state index in [9.17, 15) is 4.79 Å². The maximum absolute atomic E-state index is 13.4. The molecule has 4 nitrogen and oxygen atoms in total. The molecule has 1 amide bonds. The van der Waals surface area contributed by atoms with E-state index in [-0.39, 0.29) is 11.9 Å². The standard InChI is InChI=1S/C21H29N3O/c1-15-19(16(2)23(5)22-15)18-12-9-13-24(18)20(25)21(3,4)14-17-10-7-6-8-11-17/h6-8,10-11,18H,9,12-14H2,1-5H3.